The van der Waals surface area contributed by atoms with Crippen LogP contribution in [-0.2, 0) is 47.7 Å². The van der Waals surface area contributed by atoms with E-state index >= 15 is 0 Å². The van der Waals surface area contributed by atoms with Gasteiger partial charge < -0.3 is 23.7 Å². The molecule has 0 unspecified atom stereocenters. The molecule has 2 heterocycles. The van der Waals surface area contributed by atoms with Crippen LogP contribution in [0.5, 0.6) is 0 Å². The van der Waals surface area contributed by atoms with Crippen LogP contribution in [0, 0.1) is 28.6 Å². The van der Waals surface area contributed by atoms with Crippen molar-refractivity contribution in [3.05, 3.63) is 0 Å². The van der Waals surface area contributed by atoms with E-state index in [4.69, 9.17) is 23.7 Å². The van der Waals surface area contributed by atoms with Gasteiger partial charge in [0.2, 0.25) is 0 Å². The lowest BCUT2D eigenvalue weighted by atomic mass is 9.43. The summed E-state index contributed by atoms with van der Waals surface area (Å²) in [6, 6.07) is 0. The molecule has 0 aromatic carbocycles. The zero-order valence-electron chi connectivity index (χ0n) is 20.0. The zero-order valence-corrected chi connectivity index (χ0v) is 20.0. The van der Waals surface area contributed by atoms with Gasteiger partial charge in [-0.1, -0.05) is 13.8 Å². The number of carbonyl (C=O) groups excluding carboxylic acids is 5. The van der Waals surface area contributed by atoms with Crippen molar-refractivity contribution in [2.45, 2.75) is 71.2 Å². The zero-order chi connectivity index (χ0) is 24.8. The molecule has 2 aliphatic heterocycles. The molecule has 0 aromatic rings. The third-order valence-electron chi connectivity index (χ3n) is 8.33. The minimum absolute atomic E-state index is 0.0242. The summed E-state index contributed by atoms with van der Waals surface area (Å²) in [6.07, 6.45) is -1.22. The molecule has 0 amide bonds. The van der Waals surface area contributed by atoms with Gasteiger partial charge in [0, 0.05) is 32.1 Å². The highest BCUT2D eigenvalue weighted by Gasteiger charge is 2.68. The van der Waals surface area contributed by atoms with Crippen LogP contribution in [0.3, 0.4) is 0 Å². The van der Waals surface area contributed by atoms with Gasteiger partial charge in [-0.25, -0.2) is 4.79 Å². The van der Waals surface area contributed by atoms with Crippen molar-refractivity contribution in [3.8, 4) is 0 Å². The maximum atomic E-state index is 13.8. The third kappa shape index (κ3) is 3.99. The Hall–Kier alpha value is -2.49. The van der Waals surface area contributed by atoms with Crippen molar-refractivity contribution in [1.82, 2.24) is 0 Å². The molecule has 8 atom stereocenters. The Balaban J connectivity index is 1.69. The predicted molar refractivity (Wildman–Crippen MR) is 113 cm³/mol. The van der Waals surface area contributed by atoms with E-state index in [0.717, 1.165) is 0 Å². The molecule has 10 nitrogen and oxygen atoms in total. The second kappa shape index (κ2) is 8.94. The number of esters is 4. The highest BCUT2D eigenvalue weighted by molar-refractivity contribution is 5.93. The van der Waals surface area contributed by atoms with Gasteiger partial charge in [0.1, 0.15) is 6.10 Å². The summed E-state index contributed by atoms with van der Waals surface area (Å²) < 4.78 is 26.6. The monoisotopic (exact) mass is 480 g/mol. The summed E-state index contributed by atoms with van der Waals surface area (Å²) in [7, 11) is 1.28. The highest BCUT2D eigenvalue weighted by Crippen LogP contribution is 2.64. The first-order valence-corrected chi connectivity index (χ1v) is 11.8. The number of methoxy groups -OCH3 is 1. The molecule has 2 saturated carbocycles. The van der Waals surface area contributed by atoms with Crippen LogP contribution in [0.2, 0.25) is 0 Å². The Morgan fingerprint density at radius 2 is 1.76 bits per heavy atom. The molecule has 0 bridgehead atoms. The minimum Gasteiger partial charge on any atom is -0.469 e. The molecule has 0 N–H and O–H groups in total. The topological polar surface area (TPSA) is 132 Å². The second-order valence-corrected chi connectivity index (χ2v) is 10.4. The van der Waals surface area contributed by atoms with E-state index in [9.17, 15) is 24.0 Å². The molecule has 0 aromatic heterocycles. The Morgan fingerprint density at radius 3 is 2.38 bits per heavy atom. The first-order valence-electron chi connectivity index (χ1n) is 11.8. The number of hydrogen-bond donors (Lipinski definition) is 0. The number of Topliss-reactive ketones (excluding diaryl/α,β-unsaturated/α-hetero) is 1. The van der Waals surface area contributed by atoms with E-state index in [2.05, 4.69) is 0 Å². The van der Waals surface area contributed by atoms with Gasteiger partial charge in [0.05, 0.1) is 32.2 Å². The van der Waals surface area contributed by atoms with Crippen molar-refractivity contribution in [2.24, 2.45) is 28.6 Å². The largest absolute Gasteiger partial charge is 0.469 e. The maximum absolute atomic E-state index is 13.8. The van der Waals surface area contributed by atoms with Gasteiger partial charge in [-0.2, -0.15) is 0 Å². The number of rotatable bonds is 4. The van der Waals surface area contributed by atoms with Crippen molar-refractivity contribution in [2.75, 3.05) is 20.3 Å². The molecule has 2 aliphatic carbocycles. The van der Waals surface area contributed by atoms with Crippen LogP contribution in [0.15, 0.2) is 0 Å². The highest BCUT2D eigenvalue weighted by atomic mass is 16.6. The lowest BCUT2D eigenvalue weighted by Gasteiger charge is -2.60. The van der Waals surface area contributed by atoms with Gasteiger partial charge in [-0.3, -0.25) is 19.2 Å². The van der Waals surface area contributed by atoms with Crippen molar-refractivity contribution < 1.29 is 47.7 Å². The Bertz CT molecular complexity index is 892. The quantitative estimate of drug-likeness (QED) is 0.429. The third-order valence-corrected chi connectivity index (χ3v) is 8.33. The number of fused-ring (bicyclic) bond motifs is 3. The normalized spacial score (nSPS) is 41.5. The fraction of sp³-hybridized carbons (Fsp3) is 0.792. The standard InChI is InChI=1S/C24H32O10/c1-12(25)32-16-9-15(20(27)30-4)23(2)7-5-14-21(28)34-17(10-24(14,3)19(23)18(16)26)22(29)33-13-6-8-31-11-13/h13-17,19H,5-11H2,1-4H3/t13-,14+,15+,16+,17+,19+,23+,24+/m1/s1. The fourth-order valence-corrected chi connectivity index (χ4v) is 6.80. The van der Waals surface area contributed by atoms with Crippen molar-refractivity contribution in [1.29, 1.82) is 0 Å². The lowest BCUT2D eigenvalue weighted by molar-refractivity contribution is -0.215. The number of ether oxygens (including phenoxy) is 5. The summed E-state index contributed by atoms with van der Waals surface area (Å²) in [5.74, 6) is -4.85. The molecule has 34 heavy (non-hydrogen) atoms. The van der Waals surface area contributed by atoms with Crippen molar-refractivity contribution in [3.63, 3.8) is 0 Å². The molecule has 4 aliphatic rings. The first-order chi connectivity index (χ1) is 16.0. The average molecular weight is 481 g/mol. The molecule has 10 heteroatoms. The van der Waals surface area contributed by atoms with E-state index in [0.29, 0.717) is 25.9 Å². The van der Waals surface area contributed by atoms with Gasteiger partial charge in [0.25, 0.3) is 0 Å². The van der Waals surface area contributed by atoms with Gasteiger partial charge in [-0.05, 0) is 23.7 Å². The Kier molecular flexibility index (Phi) is 6.48. The van der Waals surface area contributed by atoms with E-state index in [1.807, 2.05) is 6.92 Å². The minimum atomic E-state index is -1.17. The summed E-state index contributed by atoms with van der Waals surface area (Å²) in [5, 5.41) is 0. The van der Waals surface area contributed by atoms with Crippen molar-refractivity contribution >= 4 is 29.7 Å². The molecule has 188 valence electrons. The lowest BCUT2D eigenvalue weighted by Crippen LogP contribution is -2.66. The van der Waals surface area contributed by atoms with Crippen LogP contribution in [0.4, 0.5) is 0 Å². The number of ketones is 1. The molecule has 0 spiro atoms. The molecule has 4 fully saturated rings. The van der Waals surface area contributed by atoms with Gasteiger partial charge in [0.15, 0.2) is 18.0 Å². The molecule has 2 saturated heterocycles. The average Bonchev–Trinajstić information content (AvgIpc) is 3.27. The fourth-order valence-electron chi connectivity index (χ4n) is 6.80. The number of hydrogen-bond acceptors (Lipinski definition) is 10. The summed E-state index contributed by atoms with van der Waals surface area (Å²) in [4.78, 5) is 64.2. The van der Waals surface area contributed by atoms with Crippen LogP contribution >= 0.6 is 0 Å². The predicted octanol–water partition coefficient (Wildman–Crippen LogP) is 1.37. The Labute approximate surface area is 197 Å². The van der Waals surface area contributed by atoms with Gasteiger partial charge in [-0.15, -0.1) is 0 Å². The summed E-state index contributed by atoms with van der Waals surface area (Å²) in [6.45, 7) is 5.63. The van der Waals surface area contributed by atoms with Crippen LogP contribution in [0.1, 0.15) is 52.9 Å². The van der Waals surface area contributed by atoms with E-state index < -0.39 is 70.8 Å². The molecular weight excluding hydrogens is 448 g/mol. The maximum Gasteiger partial charge on any atom is 0.347 e. The van der Waals surface area contributed by atoms with E-state index in [1.54, 1.807) is 6.92 Å². The number of carbonyl (C=O) groups is 5. The van der Waals surface area contributed by atoms with E-state index in [1.165, 1.54) is 14.0 Å². The second-order valence-electron chi connectivity index (χ2n) is 10.4. The first kappa shape index (κ1) is 24.6. The summed E-state index contributed by atoms with van der Waals surface area (Å²) >= 11 is 0. The SMILES string of the molecule is COC(=O)[C@@H]1C[C@H](OC(C)=O)C(=O)[C@H]2[C@@]1(C)CC[C@H]1C(=O)O[C@H](C(=O)O[C@@H]3CCOC3)C[C@]21C. The summed E-state index contributed by atoms with van der Waals surface area (Å²) in [5.41, 5.74) is -1.84. The van der Waals surface area contributed by atoms with E-state index in [-0.39, 0.29) is 25.2 Å². The molecule has 4 rings (SSSR count). The smallest absolute Gasteiger partial charge is 0.347 e. The van der Waals surface area contributed by atoms with Gasteiger partial charge >= 0.3 is 23.9 Å². The molecule has 0 radical (unpaired) electrons. The van der Waals surface area contributed by atoms with Crippen LogP contribution < -0.4 is 0 Å². The number of cyclic esters (lactones) is 1. The molecular formula is C24H32O10. The van der Waals surface area contributed by atoms with Crippen LogP contribution in [-0.4, -0.2) is 68.3 Å². The Morgan fingerprint density at radius 1 is 1.03 bits per heavy atom. The van der Waals surface area contributed by atoms with Crippen LogP contribution in [0.25, 0.3) is 0 Å².